The summed E-state index contributed by atoms with van der Waals surface area (Å²) in [5.74, 6) is -0.466. The van der Waals surface area contributed by atoms with Crippen LogP contribution in [-0.2, 0) is 14.8 Å². The molecule has 0 saturated heterocycles. The SMILES string of the molecule is CCN(CC)c1cc(C(=O)OC)ccc1NS(=O)(=O)c1ccc(C)cc1. The Hall–Kier alpha value is -2.54. The van der Waals surface area contributed by atoms with Gasteiger partial charge in [0, 0.05) is 13.1 Å². The maximum atomic E-state index is 12.7. The molecule has 0 aliphatic carbocycles. The van der Waals surface area contributed by atoms with Gasteiger partial charge in [0.1, 0.15) is 0 Å². The number of nitrogens with one attached hydrogen (secondary N) is 1. The minimum atomic E-state index is -3.73. The molecule has 0 atom stereocenters. The normalized spacial score (nSPS) is 11.1. The summed E-state index contributed by atoms with van der Waals surface area (Å²) in [6, 6.07) is 11.4. The number of carbonyl (C=O) groups excluding carboxylic acids is 1. The average molecular weight is 376 g/mol. The number of rotatable bonds is 7. The number of anilines is 2. The zero-order valence-electron chi connectivity index (χ0n) is 15.4. The molecule has 0 unspecified atom stereocenters. The van der Waals surface area contributed by atoms with Gasteiger partial charge < -0.3 is 9.64 Å². The molecule has 2 aromatic rings. The molecular weight excluding hydrogens is 352 g/mol. The molecule has 0 spiro atoms. The first-order valence-electron chi connectivity index (χ1n) is 8.39. The summed E-state index contributed by atoms with van der Waals surface area (Å²) >= 11 is 0. The number of carbonyl (C=O) groups is 1. The van der Waals surface area contributed by atoms with Gasteiger partial charge in [-0.25, -0.2) is 13.2 Å². The molecule has 7 heteroatoms. The summed E-state index contributed by atoms with van der Waals surface area (Å²) in [5, 5.41) is 0. The van der Waals surface area contributed by atoms with Crippen molar-refractivity contribution in [1.82, 2.24) is 0 Å². The van der Waals surface area contributed by atoms with E-state index in [2.05, 4.69) is 4.72 Å². The molecule has 26 heavy (non-hydrogen) atoms. The molecule has 0 radical (unpaired) electrons. The van der Waals surface area contributed by atoms with Crippen LogP contribution in [0.2, 0.25) is 0 Å². The lowest BCUT2D eigenvalue weighted by atomic mass is 10.1. The first-order valence-corrected chi connectivity index (χ1v) is 9.87. The van der Waals surface area contributed by atoms with E-state index in [9.17, 15) is 13.2 Å². The van der Waals surface area contributed by atoms with Crippen LogP contribution in [0.1, 0.15) is 29.8 Å². The Morgan fingerprint density at radius 3 is 2.23 bits per heavy atom. The molecule has 1 N–H and O–H groups in total. The van der Waals surface area contributed by atoms with Crippen molar-refractivity contribution in [3.8, 4) is 0 Å². The van der Waals surface area contributed by atoms with Gasteiger partial charge in [-0.05, 0) is 51.1 Å². The van der Waals surface area contributed by atoms with Crippen LogP contribution in [0.4, 0.5) is 11.4 Å². The van der Waals surface area contributed by atoms with E-state index in [4.69, 9.17) is 4.74 Å². The van der Waals surface area contributed by atoms with Crippen LogP contribution < -0.4 is 9.62 Å². The number of nitrogens with zero attached hydrogens (tertiary/aromatic N) is 1. The zero-order chi connectivity index (χ0) is 19.3. The quantitative estimate of drug-likeness (QED) is 0.749. The number of ether oxygens (including phenoxy) is 1. The highest BCUT2D eigenvalue weighted by molar-refractivity contribution is 7.92. The number of hydrogen-bond acceptors (Lipinski definition) is 5. The molecule has 2 aromatic carbocycles. The van der Waals surface area contributed by atoms with E-state index in [-0.39, 0.29) is 4.90 Å². The Kier molecular flexibility index (Phi) is 6.26. The number of esters is 1. The lowest BCUT2D eigenvalue weighted by Gasteiger charge is -2.25. The monoisotopic (exact) mass is 376 g/mol. The van der Waals surface area contributed by atoms with Gasteiger partial charge in [0.15, 0.2) is 0 Å². The third-order valence-electron chi connectivity index (χ3n) is 4.10. The number of aryl methyl sites for hydroxylation is 1. The number of sulfonamides is 1. The topological polar surface area (TPSA) is 75.7 Å². The van der Waals surface area contributed by atoms with E-state index in [1.54, 1.807) is 42.5 Å². The predicted molar refractivity (Wildman–Crippen MR) is 103 cm³/mol. The average Bonchev–Trinajstić information content (AvgIpc) is 2.63. The molecule has 0 heterocycles. The van der Waals surface area contributed by atoms with Gasteiger partial charge >= 0.3 is 5.97 Å². The fraction of sp³-hybridized carbons (Fsp3) is 0.316. The van der Waals surface area contributed by atoms with Gasteiger partial charge in [-0.15, -0.1) is 0 Å². The van der Waals surface area contributed by atoms with Crippen LogP contribution in [0.3, 0.4) is 0 Å². The molecular formula is C19H24N2O4S. The van der Waals surface area contributed by atoms with Crippen molar-refractivity contribution in [3.05, 3.63) is 53.6 Å². The highest BCUT2D eigenvalue weighted by Crippen LogP contribution is 2.30. The van der Waals surface area contributed by atoms with Crippen molar-refractivity contribution in [1.29, 1.82) is 0 Å². The maximum Gasteiger partial charge on any atom is 0.337 e. The van der Waals surface area contributed by atoms with Gasteiger partial charge in [0.05, 0.1) is 28.9 Å². The molecule has 0 fully saturated rings. The van der Waals surface area contributed by atoms with E-state index in [1.807, 2.05) is 25.7 Å². The van der Waals surface area contributed by atoms with E-state index >= 15 is 0 Å². The van der Waals surface area contributed by atoms with Crippen LogP contribution >= 0.6 is 0 Å². The van der Waals surface area contributed by atoms with Crippen molar-refractivity contribution in [2.75, 3.05) is 29.8 Å². The van der Waals surface area contributed by atoms with Crippen molar-refractivity contribution in [3.63, 3.8) is 0 Å². The van der Waals surface area contributed by atoms with Crippen molar-refractivity contribution in [2.45, 2.75) is 25.7 Å². The smallest absolute Gasteiger partial charge is 0.337 e. The number of benzene rings is 2. The van der Waals surface area contributed by atoms with Gasteiger partial charge in [-0.3, -0.25) is 4.72 Å². The molecule has 6 nitrogen and oxygen atoms in total. The summed E-state index contributed by atoms with van der Waals surface area (Å²) in [5.41, 5.74) is 2.40. The van der Waals surface area contributed by atoms with Gasteiger partial charge in [-0.2, -0.15) is 0 Å². The summed E-state index contributed by atoms with van der Waals surface area (Å²) in [6.07, 6.45) is 0. The lowest BCUT2D eigenvalue weighted by Crippen LogP contribution is -2.24. The van der Waals surface area contributed by atoms with Crippen molar-refractivity contribution >= 4 is 27.4 Å². The van der Waals surface area contributed by atoms with Crippen molar-refractivity contribution < 1.29 is 17.9 Å². The molecule has 0 bridgehead atoms. The summed E-state index contributed by atoms with van der Waals surface area (Å²) in [6.45, 7) is 7.16. The first kappa shape index (κ1) is 19.8. The van der Waals surface area contributed by atoms with Gasteiger partial charge in [0.25, 0.3) is 10.0 Å². The zero-order valence-corrected chi connectivity index (χ0v) is 16.3. The van der Waals surface area contributed by atoms with E-state index in [0.29, 0.717) is 30.0 Å². The van der Waals surface area contributed by atoms with Gasteiger partial charge in [-0.1, -0.05) is 17.7 Å². The molecule has 0 aromatic heterocycles. The summed E-state index contributed by atoms with van der Waals surface area (Å²) < 4.78 is 32.8. The molecule has 0 saturated carbocycles. The minimum absolute atomic E-state index is 0.186. The Morgan fingerprint density at radius 1 is 1.08 bits per heavy atom. The maximum absolute atomic E-state index is 12.7. The second-order valence-electron chi connectivity index (χ2n) is 5.81. The first-order chi connectivity index (χ1) is 12.3. The second-order valence-corrected chi connectivity index (χ2v) is 7.50. The largest absolute Gasteiger partial charge is 0.465 e. The summed E-state index contributed by atoms with van der Waals surface area (Å²) in [4.78, 5) is 14.0. The standard InChI is InChI=1S/C19H24N2O4S/c1-5-21(6-2)18-13-15(19(22)25-4)9-12-17(18)20-26(23,24)16-10-7-14(3)8-11-16/h7-13,20H,5-6H2,1-4H3. The molecule has 0 aliphatic heterocycles. The minimum Gasteiger partial charge on any atom is -0.465 e. The van der Waals surface area contributed by atoms with Crippen LogP contribution in [0.25, 0.3) is 0 Å². The van der Waals surface area contributed by atoms with Crippen LogP contribution in [0.15, 0.2) is 47.4 Å². The van der Waals surface area contributed by atoms with Crippen molar-refractivity contribution in [2.24, 2.45) is 0 Å². The number of hydrogen-bond donors (Lipinski definition) is 1. The van der Waals surface area contributed by atoms with E-state index < -0.39 is 16.0 Å². The molecule has 0 aliphatic rings. The van der Waals surface area contributed by atoms with Crippen LogP contribution in [0.5, 0.6) is 0 Å². The third kappa shape index (κ3) is 4.35. The van der Waals surface area contributed by atoms with Gasteiger partial charge in [0.2, 0.25) is 0 Å². The predicted octanol–water partition coefficient (Wildman–Crippen LogP) is 3.43. The second kappa shape index (κ2) is 8.23. The fourth-order valence-electron chi connectivity index (χ4n) is 2.61. The highest BCUT2D eigenvalue weighted by Gasteiger charge is 2.19. The summed E-state index contributed by atoms with van der Waals surface area (Å²) in [7, 11) is -2.42. The lowest BCUT2D eigenvalue weighted by molar-refractivity contribution is 0.0601. The Balaban J connectivity index is 2.47. The Bertz CT molecular complexity index is 873. The van der Waals surface area contributed by atoms with E-state index in [0.717, 1.165) is 5.56 Å². The Labute approximate surface area is 154 Å². The molecule has 2 rings (SSSR count). The number of methoxy groups -OCH3 is 1. The van der Waals surface area contributed by atoms with Crippen LogP contribution in [-0.4, -0.2) is 34.6 Å². The third-order valence-corrected chi connectivity index (χ3v) is 5.48. The van der Waals surface area contributed by atoms with Crippen LogP contribution in [0, 0.1) is 6.92 Å². The Morgan fingerprint density at radius 2 is 1.69 bits per heavy atom. The van der Waals surface area contributed by atoms with E-state index in [1.165, 1.54) is 7.11 Å². The fourth-order valence-corrected chi connectivity index (χ4v) is 3.68. The molecule has 140 valence electrons. The molecule has 0 amide bonds. The highest BCUT2D eigenvalue weighted by atomic mass is 32.2.